The van der Waals surface area contributed by atoms with Crippen molar-refractivity contribution in [2.75, 3.05) is 6.54 Å². The second kappa shape index (κ2) is 3.97. The van der Waals surface area contributed by atoms with Gasteiger partial charge in [-0.05, 0) is 37.0 Å². The number of nitrogens with one attached hydrogen (secondary N) is 1. The first-order valence-corrected chi connectivity index (χ1v) is 7.10. The Bertz CT molecular complexity index is 391. The second-order valence-corrected chi connectivity index (χ2v) is 6.60. The van der Waals surface area contributed by atoms with E-state index in [1.54, 1.807) is 0 Å². The SMILES string of the molecule is CC1(C)C2CCCN(C(=O)[C@H]3CCC(=O)N3)C1C2. The molecule has 100 valence electrons. The van der Waals surface area contributed by atoms with Gasteiger partial charge in [0.05, 0.1) is 0 Å². The van der Waals surface area contributed by atoms with E-state index < -0.39 is 0 Å². The van der Waals surface area contributed by atoms with Crippen LogP contribution in [-0.4, -0.2) is 35.3 Å². The molecular weight excluding hydrogens is 228 g/mol. The predicted octanol–water partition coefficient (Wildman–Crippen LogP) is 1.30. The zero-order valence-electron chi connectivity index (χ0n) is 11.2. The summed E-state index contributed by atoms with van der Waals surface area (Å²) in [6.07, 6.45) is 4.67. The molecule has 4 aliphatic rings. The second-order valence-electron chi connectivity index (χ2n) is 6.60. The van der Waals surface area contributed by atoms with Crippen molar-refractivity contribution in [3.05, 3.63) is 0 Å². The van der Waals surface area contributed by atoms with E-state index in [9.17, 15) is 9.59 Å². The average molecular weight is 250 g/mol. The fourth-order valence-corrected chi connectivity index (χ4v) is 3.93. The molecule has 1 N–H and O–H groups in total. The van der Waals surface area contributed by atoms with Crippen LogP contribution in [0.2, 0.25) is 0 Å². The van der Waals surface area contributed by atoms with Gasteiger partial charge in [0.25, 0.3) is 0 Å². The van der Waals surface area contributed by atoms with Crippen molar-refractivity contribution in [1.82, 2.24) is 10.2 Å². The Labute approximate surface area is 108 Å². The van der Waals surface area contributed by atoms with Crippen LogP contribution in [0.1, 0.15) is 46.0 Å². The number of nitrogens with zero attached hydrogens (tertiary/aromatic N) is 1. The summed E-state index contributed by atoms with van der Waals surface area (Å²) in [5.74, 6) is 0.951. The van der Waals surface area contributed by atoms with Gasteiger partial charge in [0, 0.05) is 19.0 Å². The van der Waals surface area contributed by atoms with Crippen molar-refractivity contribution in [2.45, 2.75) is 58.0 Å². The molecule has 0 radical (unpaired) electrons. The highest BCUT2D eigenvalue weighted by Crippen LogP contribution is 2.53. The lowest BCUT2D eigenvalue weighted by Gasteiger charge is -2.54. The molecule has 4 rings (SSSR count). The molecule has 3 heterocycles. The summed E-state index contributed by atoms with van der Waals surface area (Å²) in [6, 6.07) is 0.125. The molecule has 0 aromatic rings. The molecular formula is C14H22N2O2. The van der Waals surface area contributed by atoms with Gasteiger partial charge in [-0.1, -0.05) is 13.8 Å². The van der Waals surface area contributed by atoms with Crippen LogP contribution in [0.5, 0.6) is 0 Å². The third-order valence-corrected chi connectivity index (χ3v) is 5.32. The Morgan fingerprint density at radius 3 is 2.78 bits per heavy atom. The van der Waals surface area contributed by atoms with Gasteiger partial charge in [-0.15, -0.1) is 0 Å². The van der Waals surface area contributed by atoms with Crippen LogP contribution >= 0.6 is 0 Å². The Hall–Kier alpha value is -1.06. The van der Waals surface area contributed by atoms with Crippen molar-refractivity contribution >= 4 is 11.8 Å². The van der Waals surface area contributed by atoms with Crippen molar-refractivity contribution in [3.63, 3.8) is 0 Å². The maximum absolute atomic E-state index is 12.5. The van der Waals surface area contributed by atoms with Gasteiger partial charge in [-0.25, -0.2) is 0 Å². The summed E-state index contributed by atoms with van der Waals surface area (Å²) < 4.78 is 0. The van der Waals surface area contributed by atoms with Gasteiger partial charge in [-0.3, -0.25) is 9.59 Å². The number of fused-ring (bicyclic) bond motifs is 3. The summed E-state index contributed by atoms with van der Waals surface area (Å²) in [4.78, 5) is 25.8. The zero-order valence-corrected chi connectivity index (χ0v) is 11.2. The molecule has 1 saturated carbocycles. The van der Waals surface area contributed by atoms with Crippen LogP contribution in [-0.2, 0) is 9.59 Å². The summed E-state index contributed by atoms with van der Waals surface area (Å²) in [5, 5.41) is 2.81. The van der Waals surface area contributed by atoms with Crippen molar-refractivity contribution in [3.8, 4) is 0 Å². The highest BCUT2D eigenvalue weighted by molar-refractivity contribution is 5.91. The Morgan fingerprint density at radius 2 is 2.17 bits per heavy atom. The van der Waals surface area contributed by atoms with E-state index in [1.165, 1.54) is 6.42 Å². The number of amides is 2. The lowest BCUT2D eigenvalue weighted by molar-refractivity contribution is -0.145. The van der Waals surface area contributed by atoms with Gasteiger partial charge in [-0.2, -0.15) is 0 Å². The molecule has 2 amide bonds. The van der Waals surface area contributed by atoms with Crippen LogP contribution in [0.3, 0.4) is 0 Å². The Kier molecular flexibility index (Phi) is 2.65. The molecule has 4 heteroatoms. The molecule has 0 aromatic carbocycles. The number of carbonyl (C=O) groups excluding carboxylic acids is 2. The monoisotopic (exact) mass is 250 g/mol. The minimum Gasteiger partial charge on any atom is -0.344 e. The third kappa shape index (κ3) is 1.65. The molecule has 2 bridgehead atoms. The lowest BCUT2D eigenvalue weighted by atomic mass is 9.57. The highest BCUT2D eigenvalue weighted by Gasteiger charge is 2.53. The summed E-state index contributed by atoms with van der Waals surface area (Å²) in [5.41, 5.74) is 0.259. The number of hydrogen-bond acceptors (Lipinski definition) is 2. The molecule has 3 aliphatic heterocycles. The first-order chi connectivity index (χ1) is 8.50. The zero-order chi connectivity index (χ0) is 12.9. The van der Waals surface area contributed by atoms with Gasteiger partial charge in [0.1, 0.15) is 6.04 Å². The maximum atomic E-state index is 12.5. The first kappa shape index (κ1) is 12.0. The Morgan fingerprint density at radius 1 is 1.39 bits per heavy atom. The topological polar surface area (TPSA) is 49.4 Å². The molecule has 1 aliphatic carbocycles. The van der Waals surface area contributed by atoms with E-state index in [0.717, 1.165) is 25.3 Å². The van der Waals surface area contributed by atoms with Crippen LogP contribution in [0.25, 0.3) is 0 Å². The largest absolute Gasteiger partial charge is 0.344 e. The number of rotatable bonds is 1. The van der Waals surface area contributed by atoms with Gasteiger partial charge < -0.3 is 10.2 Å². The van der Waals surface area contributed by atoms with E-state index in [-0.39, 0.29) is 23.3 Å². The van der Waals surface area contributed by atoms with Crippen LogP contribution in [0.15, 0.2) is 0 Å². The highest BCUT2D eigenvalue weighted by atomic mass is 16.2. The average Bonchev–Trinajstić information content (AvgIpc) is 2.58. The fraction of sp³-hybridized carbons (Fsp3) is 0.857. The normalized spacial score (nSPS) is 37.8. The predicted molar refractivity (Wildman–Crippen MR) is 67.8 cm³/mol. The van der Waals surface area contributed by atoms with Crippen LogP contribution in [0.4, 0.5) is 0 Å². The fourth-order valence-electron chi connectivity index (χ4n) is 3.93. The molecule has 3 atom stereocenters. The standard InChI is InChI=1S/C14H22N2O2/c1-14(2)9-4-3-7-16(11(14)8-9)13(18)10-5-6-12(17)15-10/h9-11H,3-8H2,1-2H3,(H,15,17)/t9?,10-,11?/m1/s1. The number of hydrogen-bond donors (Lipinski definition) is 1. The summed E-state index contributed by atoms with van der Waals surface area (Å²) in [6.45, 7) is 5.44. The molecule has 2 unspecified atom stereocenters. The quantitative estimate of drug-likeness (QED) is 0.762. The minimum absolute atomic E-state index is 0.0221. The first-order valence-electron chi connectivity index (χ1n) is 7.10. The molecule has 0 spiro atoms. The molecule has 0 aromatic heterocycles. The smallest absolute Gasteiger partial charge is 0.245 e. The van der Waals surface area contributed by atoms with Gasteiger partial charge in [0.15, 0.2) is 0 Å². The number of carbonyl (C=O) groups is 2. The Balaban J connectivity index is 1.75. The molecule has 3 saturated heterocycles. The van der Waals surface area contributed by atoms with Crippen molar-refractivity contribution in [2.24, 2.45) is 11.3 Å². The van der Waals surface area contributed by atoms with Crippen LogP contribution in [0, 0.1) is 11.3 Å². The van der Waals surface area contributed by atoms with E-state index in [1.807, 2.05) is 0 Å². The van der Waals surface area contributed by atoms with E-state index in [4.69, 9.17) is 0 Å². The molecule has 4 fully saturated rings. The minimum atomic E-state index is -0.259. The van der Waals surface area contributed by atoms with E-state index >= 15 is 0 Å². The van der Waals surface area contributed by atoms with Gasteiger partial charge in [0.2, 0.25) is 11.8 Å². The van der Waals surface area contributed by atoms with E-state index in [0.29, 0.717) is 18.9 Å². The van der Waals surface area contributed by atoms with Crippen LogP contribution < -0.4 is 5.32 Å². The molecule has 4 nitrogen and oxygen atoms in total. The molecule has 18 heavy (non-hydrogen) atoms. The maximum Gasteiger partial charge on any atom is 0.245 e. The van der Waals surface area contributed by atoms with Crippen molar-refractivity contribution < 1.29 is 9.59 Å². The summed E-state index contributed by atoms with van der Waals surface area (Å²) in [7, 11) is 0. The van der Waals surface area contributed by atoms with Crippen molar-refractivity contribution in [1.29, 1.82) is 0 Å². The van der Waals surface area contributed by atoms with Gasteiger partial charge >= 0.3 is 0 Å². The third-order valence-electron chi connectivity index (χ3n) is 5.32. The lowest BCUT2D eigenvalue weighted by Crippen LogP contribution is -2.60. The van der Waals surface area contributed by atoms with E-state index in [2.05, 4.69) is 24.1 Å². The summed E-state index contributed by atoms with van der Waals surface area (Å²) >= 11 is 0.